The minimum Gasteiger partial charge on any atom is -0.468 e. The van der Waals surface area contributed by atoms with Gasteiger partial charge in [0.1, 0.15) is 68.5 Å². The van der Waals surface area contributed by atoms with Crippen LogP contribution in [-0.2, 0) is 130 Å². The number of unbranched alkanes of at least 4 members (excludes halogenated alkanes) is 1. The van der Waals surface area contributed by atoms with Gasteiger partial charge < -0.3 is 64.5 Å². The Morgan fingerprint density at radius 2 is 0.858 bits per heavy atom. The molecule has 0 aliphatic carbocycles. The normalized spacial score (nSPS) is 11.9. The van der Waals surface area contributed by atoms with E-state index in [1.807, 2.05) is 6.92 Å². The zero-order chi connectivity index (χ0) is 86.6. The number of anilines is 3. The number of hydrogen-bond acceptors (Lipinski definition) is 22. The summed E-state index contributed by atoms with van der Waals surface area (Å²) < 4.78 is 78.4. The van der Waals surface area contributed by atoms with Gasteiger partial charge in [-0.25, -0.2) is 46.7 Å². The molecule has 34 heteroatoms. The first-order valence-corrected chi connectivity index (χ1v) is 37.3. The number of nitrogens with zero attached hydrogens (tertiary/aromatic N) is 7. The van der Waals surface area contributed by atoms with Gasteiger partial charge in [-0.2, -0.15) is 0 Å². The first-order chi connectivity index (χ1) is 57.9. The minimum atomic E-state index is -0.916. The number of rotatable bonds is 32. The molecular formula is C86H89F3N12O19. The summed E-state index contributed by atoms with van der Waals surface area (Å²) in [6.45, 7) is 2.75. The summed E-state index contributed by atoms with van der Waals surface area (Å²) in [6, 6.07) is 49.0. The van der Waals surface area contributed by atoms with Crippen LogP contribution in [0.15, 0.2) is 224 Å². The van der Waals surface area contributed by atoms with Crippen molar-refractivity contribution in [2.24, 2.45) is 5.11 Å². The van der Waals surface area contributed by atoms with Crippen LogP contribution in [0.3, 0.4) is 0 Å². The quantitative estimate of drug-likeness (QED) is 0.00859. The van der Waals surface area contributed by atoms with E-state index < -0.39 is 66.4 Å². The van der Waals surface area contributed by atoms with Crippen LogP contribution in [0.25, 0.3) is 10.4 Å². The maximum absolute atomic E-state index is 13.0. The molecule has 1 aliphatic heterocycles. The lowest BCUT2D eigenvalue weighted by Crippen LogP contribution is -2.55. The highest BCUT2D eigenvalue weighted by Crippen LogP contribution is 2.23. The Labute approximate surface area is 688 Å². The van der Waals surface area contributed by atoms with E-state index in [1.54, 1.807) is 183 Å². The molecule has 2 aromatic heterocycles. The molecular weight excluding hydrogens is 1560 g/mol. The molecule has 0 unspecified atom stereocenters. The van der Waals surface area contributed by atoms with Gasteiger partial charge >= 0.3 is 48.3 Å². The Kier molecular flexibility index (Phi) is 38.5. The monoisotopic (exact) mass is 1650 g/mol. The fraction of sp³-hybridized carbons (Fsp3) is 0.267. The lowest BCUT2D eigenvalue weighted by molar-refractivity contribution is -0.150. The number of pyridine rings is 2. The number of azide groups is 1. The Balaban J connectivity index is 0.000000221. The number of hydrogen-bond donors (Lipinski definition) is 5. The Bertz CT molecular complexity index is 4870. The highest BCUT2D eigenvalue weighted by molar-refractivity contribution is 5.94. The van der Waals surface area contributed by atoms with Crippen molar-refractivity contribution in [3.63, 3.8) is 0 Å². The molecule has 1 aliphatic rings. The van der Waals surface area contributed by atoms with Crippen molar-refractivity contribution in [3.8, 4) is 0 Å². The molecule has 628 valence electrons. The Hall–Kier alpha value is -14.7. The van der Waals surface area contributed by atoms with Gasteiger partial charge in [0.25, 0.3) is 0 Å². The van der Waals surface area contributed by atoms with Gasteiger partial charge in [-0.05, 0) is 153 Å². The zero-order valence-electron chi connectivity index (χ0n) is 66.1. The van der Waals surface area contributed by atoms with Crippen LogP contribution in [0, 0.1) is 17.5 Å². The number of ether oxygens (including phenoxy) is 8. The fourth-order valence-corrected chi connectivity index (χ4v) is 10.8. The molecule has 0 saturated carbocycles. The van der Waals surface area contributed by atoms with E-state index in [9.17, 15) is 65.9 Å². The molecule has 7 aromatic carbocycles. The number of carbonyl (C=O) groups is 11. The number of amides is 7. The smallest absolute Gasteiger partial charge is 0.410 e. The van der Waals surface area contributed by atoms with E-state index >= 15 is 0 Å². The number of alkyl carbamates (subject to hydrolysis) is 2. The summed E-state index contributed by atoms with van der Waals surface area (Å²) in [5, 5.41) is 16.7. The molecule has 9 aromatic rings. The molecule has 1 saturated heterocycles. The number of nitrogens with one attached hydrogen (secondary N) is 5. The van der Waals surface area contributed by atoms with Crippen molar-refractivity contribution < 1.29 is 104 Å². The third kappa shape index (κ3) is 33.6. The van der Waals surface area contributed by atoms with Crippen LogP contribution in [-0.4, -0.2) is 152 Å². The van der Waals surface area contributed by atoms with E-state index in [-0.39, 0.29) is 100 Å². The highest BCUT2D eigenvalue weighted by Gasteiger charge is 2.39. The van der Waals surface area contributed by atoms with Crippen LogP contribution in [0.5, 0.6) is 0 Å². The minimum absolute atomic E-state index is 0.00314. The van der Waals surface area contributed by atoms with Crippen molar-refractivity contribution in [2.75, 3.05) is 64.0 Å². The third-order valence-corrected chi connectivity index (χ3v) is 17.3. The van der Waals surface area contributed by atoms with Crippen LogP contribution < -0.4 is 26.6 Å². The van der Waals surface area contributed by atoms with Gasteiger partial charge in [0.05, 0.1) is 47.7 Å². The number of aromatic nitrogens is 2. The van der Waals surface area contributed by atoms with Crippen molar-refractivity contribution in [3.05, 3.63) is 297 Å². The van der Waals surface area contributed by atoms with E-state index in [0.29, 0.717) is 70.1 Å². The third-order valence-electron chi connectivity index (χ3n) is 17.3. The first-order valence-electron chi connectivity index (χ1n) is 37.3. The highest BCUT2D eigenvalue weighted by atomic mass is 19.1. The molecule has 31 nitrogen and oxygen atoms in total. The number of methoxy groups -OCH3 is 4. The second-order valence-electron chi connectivity index (χ2n) is 26.2. The Morgan fingerprint density at radius 3 is 1.19 bits per heavy atom. The van der Waals surface area contributed by atoms with E-state index in [4.69, 9.17) is 34.0 Å². The lowest BCUT2D eigenvalue weighted by Gasteiger charge is -2.37. The number of esters is 4. The van der Waals surface area contributed by atoms with Gasteiger partial charge in [-0.3, -0.25) is 38.9 Å². The summed E-state index contributed by atoms with van der Waals surface area (Å²) in [5.41, 5.74) is 17.1. The van der Waals surface area contributed by atoms with E-state index in [1.165, 1.54) is 74.6 Å². The zero-order valence-corrected chi connectivity index (χ0v) is 66.1. The van der Waals surface area contributed by atoms with Gasteiger partial charge in [0.15, 0.2) is 0 Å². The molecule has 120 heavy (non-hydrogen) atoms. The van der Waals surface area contributed by atoms with Gasteiger partial charge in [-0.15, -0.1) is 0 Å². The number of likely N-dealkylation sites (tertiary alicyclic amines) is 1. The average molecular weight is 1650 g/mol. The molecule has 0 radical (unpaired) electrons. The van der Waals surface area contributed by atoms with Crippen molar-refractivity contribution in [2.45, 2.75) is 103 Å². The molecule has 0 spiro atoms. The molecule has 0 bridgehead atoms. The second-order valence-corrected chi connectivity index (χ2v) is 26.2. The topological polar surface area (TPSA) is 403 Å². The predicted molar refractivity (Wildman–Crippen MR) is 431 cm³/mol. The lowest BCUT2D eigenvalue weighted by atomic mass is 10.1. The van der Waals surface area contributed by atoms with Crippen LogP contribution in [0.4, 0.5) is 55.1 Å². The van der Waals surface area contributed by atoms with Crippen LogP contribution in [0.1, 0.15) is 76.3 Å². The maximum atomic E-state index is 13.0. The average Bonchev–Trinajstić information content (AvgIpc) is 0.811. The number of halogens is 3. The van der Waals surface area contributed by atoms with Crippen molar-refractivity contribution in [1.82, 2.24) is 30.4 Å². The summed E-state index contributed by atoms with van der Waals surface area (Å²) in [5.74, 6) is -3.86. The van der Waals surface area contributed by atoms with Gasteiger partial charge in [-0.1, -0.05) is 128 Å². The molecule has 3 atom stereocenters. The number of benzene rings is 7. The maximum Gasteiger partial charge on any atom is 0.410 e. The summed E-state index contributed by atoms with van der Waals surface area (Å²) in [7, 11) is 5.04. The van der Waals surface area contributed by atoms with Gasteiger partial charge in [0, 0.05) is 78.4 Å². The van der Waals surface area contributed by atoms with E-state index in [0.717, 1.165) is 35.1 Å². The molecule has 7 amide bonds. The predicted octanol–water partition coefficient (Wildman–Crippen LogP) is 13.3. The standard InChI is InChI=1S/C25H24FN3O5.C23H27FN2O5.C21H21FN2O5.C17H17N5O4/c1-33-24(31)22(13-19-3-2-12-27-15-19)29-25(32)34-16-18-6-10-21(11-7-18)28-23(30)14-17-4-8-20(26)9-5-17;1-3-4-13-26(15-22(28)30-2)23(29)31-16-18-7-11-20(12-8-18)25-21(27)14-17-5-9-19(24)10-6-17;1-28-20(26)18-10-11-24(18)21(27)29-13-15-4-8-17(9-5-15)23-19(25)12-14-2-6-16(22)7-3-14;1-25-16(23)15(9-13-3-2-8-19-10-13)20-17(24)26-11-12-4-6-14(7-5-12)21-22-18/h2-12,15,22H,13-14,16H2,1H3,(H,28,30)(H,29,32);5-12H,3-4,13-16H2,1-2H3,(H,25,27);2-9,18H,10-13H2,1H3,(H,23,25);2-8,10,15H,9,11H2,1H3,(H,20,24)/t22-;;18-;15-/m0.00/s1. The largest absolute Gasteiger partial charge is 0.468 e. The molecule has 1 fully saturated rings. The van der Waals surface area contributed by atoms with Crippen molar-refractivity contribution in [1.29, 1.82) is 0 Å². The first kappa shape index (κ1) is 92.5. The Morgan fingerprint density at radius 1 is 0.483 bits per heavy atom. The summed E-state index contributed by atoms with van der Waals surface area (Å²) in [6.07, 6.45) is 6.78. The molecule has 10 rings (SSSR count). The van der Waals surface area contributed by atoms with Gasteiger partial charge in [0.2, 0.25) is 17.7 Å². The summed E-state index contributed by atoms with van der Waals surface area (Å²) >= 11 is 0. The van der Waals surface area contributed by atoms with E-state index in [2.05, 4.69) is 56.1 Å². The summed E-state index contributed by atoms with van der Waals surface area (Å²) in [4.78, 5) is 145. The molecule has 5 N–H and O–H groups in total. The number of carbonyl (C=O) groups excluding carboxylic acids is 11. The molecule has 3 heterocycles. The SMILES string of the molecule is CCCCN(CC(=O)OC)C(=O)OCc1ccc(NC(=O)Cc2ccc(F)cc2)cc1.COC(=O)[C@@H]1CCN1C(=O)OCc1ccc(NC(=O)Cc2ccc(F)cc2)cc1.COC(=O)[C@H](Cc1cccnc1)NC(=O)OCc1ccc(N=[N+]=[N-])cc1.COC(=O)[C@H](Cc1cccnc1)NC(=O)OCc1ccc(NC(=O)Cc2ccc(F)cc2)cc1. The van der Waals surface area contributed by atoms with Crippen LogP contribution >= 0.6 is 0 Å². The van der Waals surface area contributed by atoms with Crippen LogP contribution in [0.2, 0.25) is 0 Å². The second kappa shape index (κ2) is 49.9. The fourth-order valence-electron chi connectivity index (χ4n) is 10.8. The van der Waals surface area contributed by atoms with Crippen molar-refractivity contribution >= 4 is 88.7 Å².